The molecule has 132 valence electrons. The molecule has 1 fully saturated rings. The molecule has 2 aromatic carbocycles. The highest BCUT2D eigenvalue weighted by Gasteiger charge is 2.21. The zero-order valence-corrected chi connectivity index (χ0v) is 14.7. The van der Waals surface area contributed by atoms with Gasteiger partial charge in [0, 0.05) is 18.7 Å². The monoisotopic (exact) mass is 347 g/mol. The van der Waals surface area contributed by atoms with Gasteiger partial charge in [-0.25, -0.2) is 4.98 Å². The first-order valence-electron chi connectivity index (χ1n) is 8.90. The van der Waals surface area contributed by atoms with Crippen LogP contribution in [0, 0.1) is 6.92 Å². The average Bonchev–Trinajstić information content (AvgIpc) is 3.33. The lowest BCUT2D eigenvalue weighted by atomic mass is 10.2. The number of amides is 1. The maximum atomic E-state index is 12.8. The van der Waals surface area contributed by atoms with Crippen molar-refractivity contribution in [1.29, 1.82) is 0 Å². The van der Waals surface area contributed by atoms with E-state index in [1.807, 2.05) is 54.6 Å². The summed E-state index contributed by atoms with van der Waals surface area (Å²) >= 11 is 0. The highest BCUT2D eigenvalue weighted by atomic mass is 16.4. The van der Waals surface area contributed by atoms with Gasteiger partial charge in [-0.2, -0.15) is 0 Å². The summed E-state index contributed by atoms with van der Waals surface area (Å²) in [5, 5.41) is 3.01. The van der Waals surface area contributed by atoms with E-state index in [4.69, 9.17) is 4.42 Å². The lowest BCUT2D eigenvalue weighted by Crippen LogP contribution is -2.21. The van der Waals surface area contributed by atoms with E-state index in [2.05, 4.69) is 15.2 Å². The molecule has 5 heteroatoms. The van der Waals surface area contributed by atoms with Gasteiger partial charge in [-0.1, -0.05) is 30.3 Å². The maximum absolute atomic E-state index is 12.8. The van der Waals surface area contributed by atoms with Crippen LogP contribution in [0.25, 0.3) is 11.5 Å². The number of rotatable bonds is 4. The predicted octanol–water partition coefficient (Wildman–Crippen LogP) is 4.50. The summed E-state index contributed by atoms with van der Waals surface area (Å²) < 4.78 is 5.71. The molecule has 0 bridgehead atoms. The average molecular weight is 347 g/mol. The van der Waals surface area contributed by atoms with Gasteiger partial charge in [0.05, 0.1) is 11.4 Å². The number of hydrogen-bond acceptors (Lipinski definition) is 4. The van der Waals surface area contributed by atoms with E-state index in [-0.39, 0.29) is 5.91 Å². The number of oxazole rings is 1. The molecule has 0 radical (unpaired) electrons. The molecule has 0 atom stereocenters. The molecular formula is C21H21N3O2. The Hall–Kier alpha value is -3.08. The van der Waals surface area contributed by atoms with E-state index in [1.165, 1.54) is 12.8 Å². The fourth-order valence-corrected chi connectivity index (χ4v) is 3.31. The number of nitrogens with one attached hydrogen (secondary N) is 1. The fourth-order valence-electron chi connectivity index (χ4n) is 3.31. The number of carbonyl (C=O) groups excluding carboxylic acids is 1. The Labute approximate surface area is 152 Å². The molecule has 1 N–H and O–H groups in total. The molecule has 1 aromatic heterocycles. The standard InChI is InChI=1S/C21H21N3O2/c1-15-19(23-21(26-15)16-9-3-2-4-10-16)20(25)22-17-11-5-6-12-18(17)24-13-7-8-14-24/h2-6,9-12H,7-8,13-14H2,1H3,(H,22,25). The van der Waals surface area contributed by atoms with Crippen LogP contribution in [0.15, 0.2) is 59.0 Å². The molecule has 1 aliphatic heterocycles. The molecule has 0 saturated carbocycles. The van der Waals surface area contributed by atoms with Crippen LogP contribution in [0.5, 0.6) is 0 Å². The molecule has 0 spiro atoms. The van der Waals surface area contributed by atoms with Gasteiger partial charge in [0.25, 0.3) is 5.91 Å². The van der Waals surface area contributed by atoms with Crippen molar-refractivity contribution in [3.05, 3.63) is 66.1 Å². The maximum Gasteiger partial charge on any atom is 0.277 e. The SMILES string of the molecule is Cc1oc(-c2ccccc2)nc1C(=O)Nc1ccccc1N1CCCC1. The van der Waals surface area contributed by atoms with Crippen LogP contribution in [-0.2, 0) is 0 Å². The zero-order chi connectivity index (χ0) is 17.9. The first-order chi connectivity index (χ1) is 12.7. The molecule has 3 aromatic rings. The van der Waals surface area contributed by atoms with Crippen LogP contribution in [0.1, 0.15) is 29.1 Å². The largest absolute Gasteiger partial charge is 0.441 e. The van der Waals surface area contributed by atoms with Crippen molar-refractivity contribution in [1.82, 2.24) is 4.98 Å². The molecule has 2 heterocycles. The molecule has 1 aliphatic rings. The first-order valence-corrected chi connectivity index (χ1v) is 8.90. The number of anilines is 2. The number of carbonyl (C=O) groups is 1. The van der Waals surface area contributed by atoms with Gasteiger partial charge in [-0.3, -0.25) is 4.79 Å². The lowest BCUT2D eigenvalue weighted by molar-refractivity contribution is 0.102. The third kappa shape index (κ3) is 3.20. The summed E-state index contributed by atoms with van der Waals surface area (Å²) in [5.74, 6) is 0.723. The summed E-state index contributed by atoms with van der Waals surface area (Å²) in [5.41, 5.74) is 3.04. The molecule has 1 amide bonds. The van der Waals surface area contributed by atoms with Gasteiger partial charge in [0.1, 0.15) is 5.76 Å². The first kappa shape index (κ1) is 16.4. The molecule has 26 heavy (non-hydrogen) atoms. The van der Waals surface area contributed by atoms with Gasteiger partial charge in [-0.05, 0) is 44.0 Å². The topological polar surface area (TPSA) is 58.4 Å². The predicted molar refractivity (Wildman–Crippen MR) is 103 cm³/mol. The van der Waals surface area contributed by atoms with Gasteiger partial charge in [0.2, 0.25) is 5.89 Å². The Morgan fingerprint density at radius 2 is 1.73 bits per heavy atom. The molecule has 1 saturated heterocycles. The van der Waals surface area contributed by atoms with Crippen molar-refractivity contribution in [3.8, 4) is 11.5 Å². The summed E-state index contributed by atoms with van der Waals surface area (Å²) in [6.07, 6.45) is 2.37. The van der Waals surface area contributed by atoms with Crippen LogP contribution in [0.4, 0.5) is 11.4 Å². The second-order valence-corrected chi connectivity index (χ2v) is 6.46. The van der Waals surface area contributed by atoms with Crippen molar-refractivity contribution in [2.75, 3.05) is 23.3 Å². The summed E-state index contributed by atoms with van der Waals surface area (Å²) in [7, 11) is 0. The lowest BCUT2D eigenvalue weighted by Gasteiger charge is -2.21. The Morgan fingerprint density at radius 3 is 2.50 bits per heavy atom. The summed E-state index contributed by atoms with van der Waals surface area (Å²) in [4.78, 5) is 19.5. The van der Waals surface area contributed by atoms with E-state index < -0.39 is 0 Å². The Morgan fingerprint density at radius 1 is 1.04 bits per heavy atom. The smallest absolute Gasteiger partial charge is 0.277 e. The third-order valence-corrected chi connectivity index (χ3v) is 4.63. The number of hydrogen-bond donors (Lipinski definition) is 1. The Kier molecular flexibility index (Phi) is 4.44. The molecule has 4 rings (SSSR count). The van der Waals surface area contributed by atoms with E-state index in [1.54, 1.807) is 6.92 Å². The minimum absolute atomic E-state index is 0.250. The van der Waals surface area contributed by atoms with Gasteiger partial charge in [0.15, 0.2) is 5.69 Å². The molecule has 5 nitrogen and oxygen atoms in total. The van der Waals surface area contributed by atoms with Crippen molar-refractivity contribution in [2.24, 2.45) is 0 Å². The van der Waals surface area contributed by atoms with Crippen LogP contribution >= 0.6 is 0 Å². The van der Waals surface area contributed by atoms with E-state index in [0.29, 0.717) is 17.3 Å². The second-order valence-electron chi connectivity index (χ2n) is 6.46. The van der Waals surface area contributed by atoms with E-state index in [9.17, 15) is 4.79 Å². The Bertz CT molecular complexity index is 912. The van der Waals surface area contributed by atoms with Crippen LogP contribution in [-0.4, -0.2) is 24.0 Å². The van der Waals surface area contributed by atoms with Gasteiger partial charge >= 0.3 is 0 Å². The van der Waals surface area contributed by atoms with Crippen LogP contribution in [0.3, 0.4) is 0 Å². The highest BCUT2D eigenvalue weighted by Crippen LogP contribution is 2.29. The molecule has 0 unspecified atom stereocenters. The van der Waals surface area contributed by atoms with Gasteiger partial charge < -0.3 is 14.6 Å². The van der Waals surface area contributed by atoms with E-state index in [0.717, 1.165) is 30.0 Å². The third-order valence-electron chi connectivity index (χ3n) is 4.63. The second kappa shape index (κ2) is 7.04. The Balaban J connectivity index is 1.59. The number of benzene rings is 2. The number of aryl methyl sites for hydroxylation is 1. The molecular weight excluding hydrogens is 326 g/mol. The highest BCUT2D eigenvalue weighted by molar-refractivity contribution is 6.05. The van der Waals surface area contributed by atoms with Crippen LogP contribution in [0.2, 0.25) is 0 Å². The van der Waals surface area contributed by atoms with Crippen molar-refractivity contribution >= 4 is 17.3 Å². The number of nitrogens with zero attached hydrogens (tertiary/aromatic N) is 2. The minimum Gasteiger partial charge on any atom is -0.441 e. The van der Waals surface area contributed by atoms with Gasteiger partial charge in [-0.15, -0.1) is 0 Å². The fraction of sp³-hybridized carbons (Fsp3) is 0.238. The summed E-state index contributed by atoms with van der Waals surface area (Å²) in [6, 6.07) is 17.5. The summed E-state index contributed by atoms with van der Waals surface area (Å²) in [6.45, 7) is 3.81. The quantitative estimate of drug-likeness (QED) is 0.755. The number of para-hydroxylation sites is 2. The van der Waals surface area contributed by atoms with E-state index >= 15 is 0 Å². The van der Waals surface area contributed by atoms with Crippen molar-refractivity contribution in [2.45, 2.75) is 19.8 Å². The van der Waals surface area contributed by atoms with Crippen LogP contribution < -0.4 is 10.2 Å². The minimum atomic E-state index is -0.250. The van der Waals surface area contributed by atoms with Crippen molar-refractivity contribution in [3.63, 3.8) is 0 Å². The molecule has 0 aliphatic carbocycles. The number of aromatic nitrogens is 1. The normalized spacial score (nSPS) is 13.8. The zero-order valence-electron chi connectivity index (χ0n) is 14.7. The van der Waals surface area contributed by atoms with Crippen molar-refractivity contribution < 1.29 is 9.21 Å².